The van der Waals surface area contributed by atoms with Gasteiger partial charge in [-0.1, -0.05) is 29.8 Å². The fraction of sp³-hybridized carbons (Fsp3) is 0.385. The van der Waals surface area contributed by atoms with Crippen LogP contribution in [0.15, 0.2) is 29.4 Å². The van der Waals surface area contributed by atoms with Crippen molar-refractivity contribution in [2.24, 2.45) is 5.10 Å². The van der Waals surface area contributed by atoms with Gasteiger partial charge < -0.3 is 16.9 Å². The molecule has 0 saturated heterocycles. The molecule has 0 unspecified atom stereocenters. The number of quaternary nitrogens is 1. The Morgan fingerprint density at radius 3 is 2.33 bits per heavy atom. The Hall–Kier alpha value is -1.39. The Labute approximate surface area is 115 Å². The molecule has 0 aromatic heterocycles. The number of hydrazone groups is 1. The van der Waals surface area contributed by atoms with Gasteiger partial charge in [0.2, 0.25) is 0 Å². The average Bonchev–Trinajstić information content (AvgIpc) is 2.18. The molecule has 1 amide bonds. The van der Waals surface area contributed by atoms with E-state index in [0.717, 1.165) is 5.56 Å². The summed E-state index contributed by atoms with van der Waals surface area (Å²) in [6.07, 6.45) is 1.65. The number of halogens is 1. The summed E-state index contributed by atoms with van der Waals surface area (Å²) in [6.45, 7) is 2.44. The number of amides is 1. The van der Waals surface area contributed by atoms with Gasteiger partial charge in [0, 0.05) is 0 Å². The Bertz CT molecular complexity index is 407. The highest BCUT2D eigenvalue weighted by molar-refractivity contribution is 5.82. The van der Waals surface area contributed by atoms with Gasteiger partial charge in [-0.15, -0.1) is 0 Å². The van der Waals surface area contributed by atoms with E-state index in [9.17, 15) is 4.79 Å². The van der Waals surface area contributed by atoms with Gasteiger partial charge >= 0.3 is 0 Å². The first-order valence-corrected chi connectivity index (χ1v) is 5.56. The van der Waals surface area contributed by atoms with Crippen molar-refractivity contribution >= 4 is 12.1 Å². The van der Waals surface area contributed by atoms with Crippen LogP contribution in [-0.2, 0) is 4.79 Å². The molecule has 5 heteroatoms. The van der Waals surface area contributed by atoms with Crippen molar-refractivity contribution in [3.05, 3.63) is 35.4 Å². The van der Waals surface area contributed by atoms with E-state index in [1.807, 2.05) is 52.3 Å². The first-order chi connectivity index (χ1) is 7.87. The molecule has 0 aliphatic rings. The monoisotopic (exact) mass is 269 g/mol. The first-order valence-electron chi connectivity index (χ1n) is 5.56. The zero-order chi connectivity index (χ0) is 12.9. The first kappa shape index (κ1) is 16.6. The summed E-state index contributed by atoms with van der Waals surface area (Å²) < 4.78 is 0.589. The number of hydrogen-bond donors (Lipinski definition) is 1. The Kier molecular flexibility index (Phi) is 6.58. The van der Waals surface area contributed by atoms with E-state index in [1.54, 1.807) is 6.21 Å². The molecule has 0 aliphatic carbocycles. The van der Waals surface area contributed by atoms with Gasteiger partial charge in [0.05, 0.1) is 27.4 Å². The van der Waals surface area contributed by atoms with E-state index in [2.05, 4.69) is 10.5 Å². The van der Waals surface area contributed by atoms with Crippen LogP contribution in [0.25, 0.3) is 0 Å². The van der Waals surface area contributed by atoms with E-state index in [-0.39, 0.29) is 18.3 Å². The fourth-order valence-corrected chi connectivity index (χ4v) is 1.30. The molecule has 1 N–H and O–H groups in total. The lowest BCUT2D eigenvalue weighted by Crippen LogP contribution is -3.00. The highest BCUT2D eigenvalue weighted by Gasteiger charge is 2.12. The largest absolute Gasteiger partial charge is 1.00 e. The summed E-state index contributed by atoms with van der Waals surface area (Å²) in [5, 5.41) is 3.92. The third-order valence-corrected chi connectivity index (χ3v) is 2.10. The summed E-state index contributed by atoms with van der Waals surface area (Å²) in [7, 11) is 5.88. The molecule has 1 aromatic rings. The van der Waals surface area contributed by atoms with Crippen molar-refractivity contribution in [2.75, 3.05) is 27.7 Å². The van der Waals surface area contributed by atoms with Crippen LogP contribution in [0.3, 0.4) is 0 Å². The minimum absolute atomic E-state index is 0. The summed E-state index contributed by atoms with van der Waals surface area (Å²) >= 11 is 0. The maximum Gasteiger partial charge on any atom is 0.295 e. The molecule has 1 rings (SSSR count). The molecule has 1 aromatic carbocycles. The third-order valence-electron chi connectivity index (χ3n) is 2.10. The van der Waals surface area contributed by atoms with Crippen molar-refractivity contribution < 1.29 is 21.7 Å². The van der Waals surface area contributed by atoms with Crippen LogP contribution < -0.4 is 17.8 Å². The SMILES string of the molecule is Cc1ccc(C=NNC(=O)C[N+](C)(C)C)cc1.[Cl-]. The van der Waals surface area contributed by atoms with Gasteiger partial charge in [0.1, 0.15) is 0 Å². The van der Waals surface area contributed by atoms with Crippen molar-refractivity contribution in [2.45, 2.75) is 6.92 Å². The molecule has 0 radical (unpaired) electrons. The number of carbonyl (C=O) groups excluding carboxylic acids is 1. The number of carbonyl (C=O) groups is 1. The zero-order valence-electron chi connectivity index (χ0n) is 11.3. The normalized spacial score (nSPS) is 11.1. The molecule has 0 aliphatic heterocycles. The number of benzene rings is 1. The van der Waals surface area contributed by atoms with E-state index >= 15 is 0 Å². The maximum atomic E-state index is 11.5. The van der Waals surface area contributed by atoms with Gasteiger partial charge in [-0.3, -0.25) is 4.79 Å². The number of nitrogens with one attached hydrogen (secondary N) is 1. The van der Waals surface area contributed by atoms with Crippen molar-refractivity contribution in [1.29, 1.82) is 0 Å². The lowest BCUT2D eigenvalue weighted by Gasteiger charge is -2.21. The smallest absolute Gasteiger partial charge is 0.295 e. The molecular weight excluding hydrogens is 250 g/mol. The van der Waals surface area contributed by atoms with Crippen LogP contribution in [0.1, 0.15) is 11.1 Å². The standard InChI is InChI=1S/C13H19N3O.ClH/c1-11-5-7-12(8-6-11)9-14-15-13(17)10-16(2,3)4;/h5-9H,10H2,1-4H3;1H. The zero-order valence-corrected chi connectivity index (χ0v) is 12.0. The van der Waals surface area contributed by atoms with E-state index in [0.29, 0.717) is 11.0 Å². The Morgan fingerprint density at radius 2 is 1.83 bits per heavy atom. The van der Waals surface area contributed by atoms with Crippen LogP contribution in [0.2, 0.25) is 0 Å². The molecule has 0 bridgehead atoms. The van der Waals surface area contributed by atoms with Crippen LogP contribution in [-0.4, -0.2) is 44.3 Å². The third kappa shape index (κ3) is 7.04. The molecule has 0 saturated carbocycles. The van der Waals surface area contributed by atoms with Gasteiger partial charge in [-0.2, -0.15) is 5.10 Å². The fourth-order valence-electron chi connectivity index (χ4n) is 1.30. The van der Waals surface area contributed by atoms with Gasteiger partial charge in [0.25, 0.3) is 5.91 Å². The summed E-state index contributed by atoms with van der Waals surface area (Å²) in [5.41, 5.74) is 4.70. The second-order valence-corrected chi connectivity index (χ2v) is 5.15. The van der Waals surface area contributed by atoms with Crippen LogP contribution in [0.5, 0.6) is 0 Å². The topological polar surface area (TPSA) is 41.5 Å². The second-order valence-electron chi connectivity index (χ2n) is 5.15. The van der Waals surface area contributed by atoms with E-state index < -0.39 is 0 Å². The number of rotatable bonds is 4. The highest BCUT2D eigenvalue weighted by Crippen LogP contribution is 1.99. The van der Waals surface area contributed by atoms with Crippen molar-refractivity contribution in [3.8, 4) is 0 Å². The summed E-state index contributed by atoms with van der Waals surface area (Å²) in [4.78, 5) is 11.5. The second kappa shape index (κ2) is 7.13. The lowest BCUT2D eigenvalue weighted by molar-refractivity contribution is -0.862. The maximum absolute atomic E-state index is 11.5. The van der Waals surface area contributed by atoms with E-state index in [4.69, 9.17) is 0 Å². The highest BCUT2D eigenvalue weighted by atomic mass is 35.5. The molecule has 18 heavy (non-hydrogen) atoms. The number of hydrogen-bond acceptors (Lipinski definition) is 2. The summed E-state index contributed by atoms with van der Waals surface area (Å²) in [5.74, 6) is -0.0825. The molecule has 4 nitrogen and oxygen atoms in total. The molecular formula is C13H20ClN3O. The minimum atomic E-state index is -0.0825. The van der Waals surface area contributed by atoms with Crippen LogP contribution >= 0.6 is 0 Å². The van der Waals surface area contributed by atoms with Gasteiger partial charge in [-0.05, 0) is 12.5 Å². The molecule has 0 spiro atoms. The number of nitrogens with zero attached hydrogens (tertiary/aromatic N) is 2. The van der Waals surface area contributed by atoms with Crippen molar-refractivity contribution in [3.63, 3.8) is 0 Å². The summed E-state index contributed by atoms with van der Waals surface area (Å²) in [6, 6.07) is 7.94. The molecule has 0 heterocycles. The quantitative estimate of drug-likeness (QED) is 0.389. The number of likely N-dealkylation sites (N-methyl/N-ethyl adjacent to an activating group) is 1. The van der Waals surface area contributed by atoms with E-state index in [1.165, 1.54) is 5.56 Å². The van der Waals surface area contributed by atoms with Gasteiger partial charge in [-0.25, -0.2) is 5.43 Å². The van der Waals surface area contributed by atoms with Crippen LogP contribution in [0, 0.1) is 6.92 Å². The van der Waals surface area contributed by atoms with Crippen LogP contribution in [0.4, 0.5) is 0 Å². The molecule has 100 valence electrons. The average molecular weight is 270 g/mol. The predicted molar refractivity (Wildman–Crippen MR) is 69.8 cm³/mol. The molecule has 0 atom stereocenters. The van der Waals surface area contributed by atoms with Gasteiger partial charge in [0.15, 0.2) is 6.54 Å². The lowest BCUT2D eigenvalue weighted by atomic mass is 10.2. The number of aryl methyl sites for hydroxylation is 1. The Morgan fingerprint density at radius 1 is 1.28 bits per heavy atom. The van der Waals surface area contributed by atoms with Crippen molar-refractivity contribution in [1.82, 2.24) is 5.43 Å². The Balaban J connectivity index is 0.00000289. The predicted octanol–water partition coefficient (Wildman–Crippen LogP) is -1.84. The minimum Gasteiger partial charge on any atom is -1.00 e. The molecule has 0 fully saturated rings.